The number of carbonyl (C=O) groups excluding carboxylic acids is 2. The first-order valence-corrected chi connectivity index (χ1v) is 25.7. The lowest BCUT2D eigenvalue weighted by atomic mass is 9.85. The normalized spacial score (nSPS) is 22.6. The first kappa shape index (κ1) is 59.5. The molecular weight excluding hydrogens is 843 g/mol. The zero-order valence-electron chi connectivity index (χ0n) is 38.9. The van der Waals surface area contributed by atoms with Crippen LogP contribution in [0.2, 0.25) is 0 Å². The molecule has 0 aromatic carbocycles. The fourth-order valence-corrected chi connectivity index (χ4v) is 7.92. The maximum atomic E-state index is 12.8. The summed E-state index contributed by atoms with van der Waals surface area (Å²) in [4.78, 5) is 35.7. The summed E-state index contributed by atoms with van der Waals surface area (Å²) < 4.78 is 33.5. The number of allylic oxidation sites excluding steroid dienone is 8. The van der Waals surface area contributed by atoms with Crippen LogP contribution in [0, 0.1) is 0 Å². The van der Waals surface area contributed by atoms with E-state index in [0.29, 0.717) is 32.1 Å². The molecule has 9 atom stereocenters. The van der Waals surface area contributed by atoms with Gasteiger partial charge in [0.2, 0.25) is 0 Å². The molecule has 0 aromatic heterocycles. The van der Waals surface area contributed by atoms with Crippen LogP contribution < -0.4 is 0 Å². The minimum atomic E-state index is -5.15. The summed E-state index contributed by atoms with van der Waals surface area (Å²) in [6.45, 7) is 3.14. The molecule has 0 amide bonds. The summed E-state index contributed by atoms with van der Waals surface area (Å²) in [7, 11) is -5.15. The number of esters is 2. The molecule has 7 N–H and O–H groups in total. The highest BCUT2D eigenvalue weighted by Gasteiger charge is 2.51. The molecule has 1 aliphatic rings. The molecule has 1 fully saturated rings. The fourth-order valence-electron chi connectivity index (χ4n) is 6.95. The van der Waals surface area contributed by atoms with Gasteiger partial charge in [0.15, 0.2) is 6.10 Å². The Balaban J connectivity index is 2.51. The smallest absolute Gasteiger partial charge is 0.462 e. The molecule has 0 saturated heterocycles. The van der Waals surface area contributed by atoms with Crippen molar-refractivity contribution in [2.75, 3.05) is 13.2 Å². The first-order valence-electron chi connectivity index (χ1n) is 24.2. The highest BCUT2D eigenvalue weighted by atomic mass is 31.2. The molecule has 0 heterocycles. The Morgan fingerprint density at radius 2 is 1.05 bits per heavy atom. The van der Waals surface area contributed by atoms with E-state index in [1.165, 1.54) is 57.8 Å². The number of rotatable bonds is 39. The van der Waals surface area contributed by atoms with E-state index in [4.69, 9.17) is 18.5 Å². The van der Waals surface area contributed by atoms with Crippen LogP contribution in [0.1, 0.15) is 174 Å². The van der Waals surface area contributed by atoms with E-state index in [-0.39, 0.29) is 12.8 Å². The Hall–Kier alpha value is -2.49. The fraction of sp³-hybridized carbons (Fsp3) is 0.755. The molecule has 0 spiro atoms. The Morgan fingerprint density at radius 1 is 0.562 bits per heavy atom. The molecule has 3 unspecified atom stereocenters. The number of aliphatic hydroxyl groups is 6. The van der Waals surface area contributed by atoms with Crippen molar-refractivity contribution in [3.05, 3.63) is 60.8 Å². The van der Waals surface area contributed by atoms with Gasteiger partial charge in [-0.05, 0) is 70.6 Å². The van der Waals surface area contributed by atoms with Crippen molar-refractivity contribution in [1.29, 1.82) is 0 Å². The van der Waals surface area contributed by atoms with Crippen LogP contribution in [-0.4, -0.2) is 110 Å². The molecule has 1 rings (SSSR count). The van der Waals surface area contributed by atoms with Crippen molar-refractivity contribution in [2.24, 2.45) is 0 Å². The average Bonchev–Trinajstić information content (AvgIpc) is 3.27. The van der Waals surface area contributed by atoms with Gasteiger partial charge in [-0.15, -0.1) is 0 Å². The number of carbonyl (C=O) groups is 2. The maximum absolute atomic E-state index is 12.8. The summed E-state index contributed by atoms with van der Waals surface area (Å²) in [6.07, 6.45) is 30.1. The van der Waals surface area contributed by atoms with Crippen LogP contribution >= 0.6 is 7.82 Å². The number of phosphoric ester groups is 1. The summed E-state index contributed by atoms with van der Waals surface area (Å²) >= 11 is 0. The highest BCUT2D eigenvalue weighted by molar-refractivity contribution is 7.47. The van der Waals surface area contributed by atoms with Gasteiger partial charge in [-0.2, -0.15) is 0 Å². The molecule has 14 nitrogen and oxygen atoms in total. The van der Waals surface area contributed by atoms with Gasteiger partial charge in [-0.25, -0.2) is 4.57 Å². The lowest BCUT2D eigenvalue weighted by Gasteiger charge is -2.41. The second kappa shape index (κ2) is 38.6. The predicted octanol–water partition coefficient (Wildman–Crippen LogP) is 8.70. The topological polar surface area (TPSA) is 230 Å². The largest absolute Gasteiger partial charge is 0.472 e. The maximum Gasteiger partial charge on any atom is 0.472 e. The zero-order chi connectivity index (χ0) is 47.3. The van der Waals surface area contributed by atoms with Gasteiger partial charge in [0, 0.05) is 12.8 Å². The van der Waals surface area contributed by atoms with Crippen LogP contribution in [-0.2, 0) is 32.7 Å². The number of aliphatic hydroxyl groups excluding tert-OH is 6. The number of ether oxygens (including phenoxy) is 2. The van der Waals surface area contributed by atoms with Crippen LogP contribution in [0.15, 0.2) is 60.8 Å². The zero-order valence-corrected chi connectivity index (χ0v) is 39.8. The molecule has 0 radical (unpaired) electrons. The number of phosphoric acid groups is 1. The minimum absolute atomic E-state index is 0.0564. The molecule has 370 valence electrons. The molecule has 0 aromatic rings. The molecular formula is C49H85O14P. The Labute approximate surface area is 384 Å². The molecule has 1 aliphatic carbocycles. The van der Waals surface area contributed by atoms with Gasteiger partial charge < -0.3 is 45.0 Å². The lowest BCUT2D eigenvalue weighted by Crippen LogP contribution is -2.64. The summed E-state index contributed by atoms with van der Waals surface area (Å²) in [5.74, 6) is -1.21. The van der Waals surface area contributed by atoms with Gasteiger partial charge >= 0.3 is 19.8 Å². The quantitative estimate of drug-likeness (QED) is 0.0101. The van der Waals surface area contributed by atoms with Crippen molar-refractivity contribution >= 4 is 19.8 Å². The van der Waals surface area contributed by atoms with Crippen molar-refractivity contribution in [3.63, 3.8) is 0 Å². The molecule has 0 bridgehead atoms. The highest BCUT2D eigenvalue weighted by Crippen LogP contribution is 2.47. The van der Waals surface area contributed by atoms with Crippen LogP contribution in [0.5, 0.6) is 0 Å². The van der Waals surface area contributed by atoms with E-state index in [1.54, 1.807) is 6.08 Å². The van der Waals surface area contributed by atoms with E-state index >= 15 is 0 Å². The van der Waals surface area contributed by atoms with Crippen LogP contribution in [0.3, 0.4) is 0 Å². The van der Waals surface area contributed by atoms with Crippen molar-refractivity contribution in [1.82, 2.24) is 0 Å². The standard InChI is InChI=1S/C49H85O14P/c1-3-5-7-9-11-12-13-14-15-16-17-18-19-20-25-29-33-37-43(52)62-41(39-61-64(58,59)63-49-47(56)45(54)44(53)46(55)48(49)57)38-60-42(51)36-32-28-24-22-21-23-27-31-35-40(50)34-30-26-10-8-6-4-2/h14-15,22-24,26-27,30-31,35,40-41,44-50,53-57H,3-13,16-21,25,28-29,32-34,36-39H2,1-2H3,(H,58,59)/b15-14-,24-22-,27-23-,30-26-,35-31+/t40-,41-,44?,45-,46+,47-,48-,49?/m1/s1. The second-order valence-corrected chi connectivity index (χ2v) is 18.2. The van der Waals surface area contributed by atoms with Crippen LogP contribution in [0.4, 0.5) is 0 Å². The number of hydrogen-bond acceptors (Lipinski definition) is 13. The van der Waals surface area contributed by atoms with E-state index in [2.05, 4.69) is 32.1 Å². The summed E-state index contributed by atoms with van der Waals surface area (Å²) in [5.41, 5.74) is 0. The third-order valence-corrected chi connectivity index (χ3v) is 11.9. The van der Waals surface area contributed by atoms with Crippen molar-refractivity contribution in [2.45, 2.75) is 223 Å². The summed E-state index contributed by atoms with van der Waals surface area (Å²) in [5, 5.41) is 60.2. The summed E-state index contributed by atoms with van der Waals surface area (Å²) in [6, 6.07) is 0. The molecule has 1 saturated carbocycles. The van der Waals surface area contributed by atoms with E-state index < -0.39 is 81.8 Å². The third kappa shape index (κ3) is 30.7. The Morgan fingerprint density at radius 3 is 1.67 bits per heavy atom. The Kier molecular flexibility index (Phi) is 35.9. The molecule has 15 heteroatoms. The van der Waals surface area contributed by atoms with Gasteiger partial charge in [-0.1, -0.05) is 152 Å². The van der Waals surface area contributed by atoms with Gasteiger partial charge in [-0.3, -0.25) is 18.6 Å². The predicted molar refractivity (Wildman–Crippen MR) is 250 cm³/mol. The SMILES string of the molecule is CCCCC/C=C\C[C@@H](O)/C=C/C=C\C/C=C\CCCC(=O)OC[C@H](COP(=O)(O)OC1[C@H](O)[C@H](O)C(O)[C@H](O)[C@H]1O)OC(=O)CCCCCCCCC/C=C\CCCCCCCC. The number of hydrogen-bond donors (Lipinski definition) is 7. The Bertz CT molecular complexity index is 1370. The van der Waals surface area contributed by atoms with E-state index in [0.717, 1.165) is 57.8 Å². The molecule has 0 aliphatic heterocycles. The first-order chi connectivity index (χ1) is 30.8. The van der Waals surface area contributed by atoms with Gasteiger partial charge in [0.05, 0.1) is 12.7 Å². The van der Waals surface area contributed by atoms with E-state index in [9.17, 15) is 49.7 Å². The van der Waals surface area contributed by atoms with Gasteiger partial charge in [0.25, 0.3) is 0 Å². The average molecular weight is 929 g/mol. The van der Waals surface area contributed by atoms with Crippen molar-refractivity contribution in [3.8, 4) is 0 Å². The molecule has 64 heavy (non-hydrogen) atoms. The number of unbranched alkanes of at least 4 members (excludes halogenated alkanes) is 17. The van der Waals surface area contributed by atoms with Gasteiger partial charge in [0.1, 0.15) is 43.2 Å². The third-order valence-electron chi connectivity index (χ3n) is 10.9. The van der Waals surface area contributed by atoms with Crippen molar-refractivity contribution < 1.29 is 68.2 Å². The van der Waals surface area contributed by atoms with E-state index in [1.807, 2.05) is 36.5 Å². The van der Waals surface area contributed by atoms with Crippen LogP contribution in [0.25, 0.3) is 0 Å². The monoisotopic (exact) mass is 929 g/mol. The second-order valence-electron chi connectivity index (χ2n) is 16.8. The lowest BCUT2D eigenvalue weighted by molar-refractivity contribution is -0.220. The minimum Gasteiger partial charge on any atom is -0.462 e.